The van der Waals surface area contributed by atoms with E-state index in [1.54, 1.807) is 13.8 Å². The van der Waals surface area contributed by atoms with E-state index >= 15 is 0 Å². The number of methoxy groups -OCH3 is 1. The van der Waals surface area contributed by atoms with Gasteiger partial charge in [0.2, 0.25) is 0 Å². The highest BCUT2D eigenvalue weighted by molar-refractivity contribution is 9.10. The molecule has 0 aromatic heterocycles. The van der Waals surface area contributed by atoms with E-state index in [1.165, 1.54) is 7.11 Å². The van der Waals surface area contributed by atoms with Crippen LogP contribution < -0.4 is 10.5 Å². The third kappa shape index (κ3) is 4.21. The Hall–Kier alpha value is -1.07. The van der Waals surface area contributed by atoms with Gasteiger partial charge in [-0.15, -0.1) is 0 Å². The summed E-state index contributed by atoms with van der Waals surface area (Å²) in [5.41, 5.74) is 5.92. The van der Waals surface area contributed by atoms with Gasteiger partial charge in [0.05, 0.1) is 17.0 Å². The third-order valence-corrected chi connectivity index (χ3v) is 3.40. The van der Waals surface area contributed by atoms with Gasteiger partial charge in [0.15, 0.2) is 0 Å². The van der Waals surface area contributed by atoms with Crippen LogP contribution in [-0.4, -0.2) is 26.2 Å². The average molecular weight is 330 g/mol. The topological polar surface area (TPSA) is 61.5 Å². The highest BCUT2D eigenvalue weighted by Gasteiger charge is 2.30. The number of para-hydroxylation sites is 1. The van der Waals surface area contributed by atoms with E-state index in [0.29, 0.717) is 6.54 Å². The van der Waals surface area contributed by atoms with E-state index in [9.17, 15) is 4.79 Å². The molecule has 0 amide bonds. The summed E-state index contributed by atoms with van der Waals surface area (Å²) in [5.74, 6) is 0.449. The molecule has 0 saturated heterocycles. The van der Waals surface area contributed by atoms with Crippen LogP contribution in [-0.2, 0) is 16.0 Å². The van der Waals surface area contributed by atoms with E-state index in [1.807, 2.05) is 18.2 Å². The molecule has 0 atom stereocenters. The zero-order valence-electron chi connectivity index (χ0n) is 11.5. The Bertz CT molecular complexity index is 446. The molecular weight excluding hydrogens is 310 g/mol. The van der Waals surface area contributed by atoms with E-state index in [2.05, 4.69) is 15.9 Å². The maximum absolute atomic E-state index is 11.6. The summed E-state index contributed by atoms with van der Waals surface area (Å²) < 4.78 is 11.4. The minimum Gasteiger partial charge on any atom is -0.491 e. The first-order chi connectivity index (χ1) is 8.92. The fraction of sp³-hybridized carbons (Fsp3) is 0.500. The molecule has 4 nitrogen and oxygen atoms in total. The summed E-state index contributed by atoms with van der Waals surface area (Å²) in [6.45, 7) is 4.38. The number of ether oxygens (including phenoxy) is 2. The summed E-state index contributed by atoms with van der Waals surface area (Å²) in [7, 11) is 1.38. The highest BCUT2D eigenvalue weighted by Crippen LogP contribution is 2.31. The number of esters is 1. The zero-order valence-corrected chi connectivity index (χ0v) is 13.1. The van der Waals surface area contributed by atoms with Crippen molar-refractivity contribution in [3.05, 3.63) is 28.2 Å². The van der Waals surface area contributed by atoms with Crippen LogP contribution in [0.5, 0.6) is 5.75 Å². The number of hydrogen-bond acceptors (Lipinski definition) is 4. The minimum absolute atomic E-state index is 0.250. The van der Waals surface area contributed by atoms with Gasteiger partial charge >= 0.3 is 5.97 Å². The molecule has 1 aromatic rings. The van der Waals surface area contributed by atoms with Crippen molar-refractivity contribution in [2.75, 3.05) is 20.3 Å². The van der Waals surface area contributed by atoms with Crippen molar-refractivity contribution >= 4 is 21.9 Å². The second-order valence-electron chi connectivity index (χ2n) is 4.93. The van der Waals surface area contributed by atoms with Crippen LogP contribution in [0.4, 0.5) is 0 Å². The van der Waals surface area contributed by atoms with Crippen LogP contribution in [0, 0.1) is 5.41 Å². The number of benzene rings is 1. The predicted octanol–water partition coefficient (Wildman–Crippen LogP) is 2.53. The van der Waals surface area contributed by atoms with Gasteiger partial charge in [-0.1, -0.05) is 12.1 Å². The number of rotatable bonds is 6. The molecule has 0 aliphatic rings. The average Bonchev–Trinajstić information content (AvgIpc) is 2.37. The van der Waals surface area contributed by atoms with Crippen molar-refractivity contribution in [1.29, 1.82) is 0 Å². The first-order valence-electron chi connectivity index (χ1n) is 6.11. The molecule has 106 valence electrons. The van der Waals surface area contributed by atoms with Gasteiger partial charge in [-0.2, -0.15) is 0 Å². The summed E-state index contributed by atoms with van der Waals surface area (Å²) in [5, 5.41) is 0. The lowest BCUT2D eigenvalue weighted by atomic mass is 9.95. The molecule has 0 fully saturated rings. The Balaban J connectivity index is 2.85. The Morgan fingerprint density at radius 2 is 2.11 bits per heavy atom. The van der Waals surface area contributed by atoms with E-state index in [0.717, 1.165) is 22.2 Å². The van der Waals surface area contributed by atoms with Gasteiger partial charge in [0.25, 0.3) is 0 Å². The Labute approximate surface area is 122 Å². The predicted molar refractivity (Wildman–Crippen MR) is 78.2 cm³/mol. The molecule has 19 heavy (non-hydrogen) atoms. The minimum atomic E-state index is -0.690. The molecule has 1 rings (SSSR count). The van der Waals surface area contributed by atoms with Crippen molar-refractivity contribution < 1.29 is 14.3 Å². The van der Waals surface area contributed by atoms with Gasteiger partial charge in [-0.3, -0.25) is 4.79 Å². The van der Waals surface area contributed by atoms with Crippen LogP contribution in [0.2, 0.25) is 0 Å². The lowest BCUT2D eigenvalue weighted by Gasteiger charge is -2.23. The first-order valence-corrected chi connectivity index (χ1v) is 6.90. The zero-order chi connectivity index (χ0) is 14.5. The quantitative estimate of drug-likeness (QED) is 0.814. The number of carbonyl (C=O) groups excluding carboxylic acids is 1. The van der Waals surface area contributed by atoms with Crippen molar-refractivity contribution in [3.63, 3.8) is 0 Å². The van der Waals surface area contributed by atoms with Crippen LogP contribution in [0.25, 0.3) is 0 Å². The Morgan fingerprint density at radius 1 is 1.42 bits per heavy atom. The lowest BCUT2D eigenvalue weighted by molar-refractivity contribution is -0.152. The maximum atomic E-state index is 11.6. The summed E-state index contributed by atoms with van der Waals surface area (Å²) in [4.78, 5) is 11.6. The van der Waals surface area contributed by atoms with E-state index in [-0.39, 0.29) is 12.6 Å². The molecule has 0 bridgehead atoms. The van der Waals surface area contributed by atoms with Crippen molar-refractivity contribution in [3.8, 4) is 5.75 Å². The molecule has 0 aliphatic carbocycles. The second kappa shape index (κ2) is 6.91. The van der Waals surface area contributed by atoms with Gasteiger partial charge in [-0.25, -0.2) is 0 Å². The highest BCUT2D eigenvalue weighted by atomic mass is 79.9. The molecule has 0 radical (unpaired) electrons. The SMILES string of the molecule is COC(=O)C(C)(C)COc1c(Br)cccc1CCN. The number of nitrogens with two attached hydrogens (primary N) is 1. The molecule has 2 N–H and O–H groups in total. The Morgan fingerprint density at radius 3 is 2.68 bits per heavy atom. The molecular formula is C14H20BrNO3. The molecule has 0 unspecified atom stereocenters. The number of carbonyl (C=O) groups is 1. The van der Waals surface area contributed by atoms with Crippen LogP contribution in [0.1, 0.15) is 19.4 Å². The van der Waals surface area contributed by atoms with Crippen molar-refractivity contribution in [2.24, 2.45) is 11.1 Å². The lowest BCUT2D eigenvalue weighted by Crippen LogP contribution is -2.32. The normalized spacial score (nSPS) is 11.2. The Kier molecular flexibility index (Phi) is 5.82. The fourth-order valence-corrected chi connectivity index (χ4v) is 2.18. The summed E-state index contributed by atoms with van der Waals surface area (Å²) in [6.07, 6.45) is 0.730. The van der Waals surface area contributed by atoms with Crippen LogP contribution in [0.3, 0.4) is 0 Å². The molecule has 0 saturated carbocycles. The first kappa shape index (κ1) is 16.0. The maximum Gasteiger partial charge on any atom is 0.314 e. The molecule has 0 spiro atoms. The monoisotopic (exact) mass is 329 g/mol. The standard InChI is InChI=1S/C14H20BrNO3/c1-14(2,13(17)18-3)9-19-12-10(7-8-16)5-4-6-11(12)15/h4-6H,7-9,16H2,1-3H3. The third-order valence-electron chi connectivity index (χ3n) is 2.78. The smallest absolute Gasteiger partial charge is 0.314 e. The van der Waals surface area contributed by atoms with Crippen molar-refractivity contribution in [1.82, 2.24) is 0 Å². The van der Waals surface area contributed by atoms with Crippen molar-refractivity contribution in [2.45, 2.75) is 20.3 Å². The van der Waals surface area contributed by atoms with E-state index in [4.69, 9.17) is 15.2 Å². The summed E-state index contributed by atoms with van der Waals surface area (Å²) >= 11 is 3.46. The van der Waals surface area contributed by atoms with Crippen LogP contribution in [0.15, 0.2) is 22.7 Å². The number of hydrogen-bond donors (Lipinski definition) is 1. The second-order valence-corrected chi connectivity index (χ2v) is 5.79. The molecule has 5 heteroatoms. The molecule has 0 aliphatic heterocycles. The van der Waals surface area contributed by atoms with Gasteiger partial charge < -0.3 is 15.2 Å². The van der Waals surface area contributed by atoms with Gasteiger partial charge in [-0.05, 0) is 54.4 Å². The molecule has 0 heterocycles. The van der Waals surface area contributed by atoms with Gasteiger partial charge in [0.1, 0.15) is 12.4 Å². The van der Waals surface area contributed by atoms with Crippen LogP contribution >= 0.6 is 15.9 Å². The van der Waals surface area contributed by atoms with Gasteiger partial charge in [0, 0.05) is 0 Å². The number of halogens is 1. The summed E-state index contributed by atoms with van der Waals surface area (Å²) in [6, 6.07) is 5.81. The van der Waals surface area contributed by atoms with E-state index < -0.39 is 5.41 Å². The molecule has 1 aromatic carbocycles. The fourth-order valence-electron chi connectivity index (χ4n) is 1.66. The largest absolute Gasteiger partial charge is 0.491 e.